The molecule has 4 nitrogen and oxygen atoms in total. The van der Waals surface area contributed by atoms with Crippen LogP contribution in [0.4, 0.5) is 0 Å². The van der Waals surface area contributed by atoms with Gasteiger partial charge in [-0.2, -0.15) is 4.98 Å². The van der Waals surface area contributed by atoms with Crippen molar-refractivity contribution in [1.82, 2.24) is 10.1 Å². The lowest BCUT2D eigenvalue weighted by atomic mass is 10.1. The first kappa shape index (κ1) is 14.1. The molecule has 1 aromatic carbocycles. The van der Waals surface area contributed by atoms with Crippen LogP contribution in [0, 0.1) is 0 Å². The van der Waals surface area contributed by atoms with E-state index < -0.39 is 0 Å². The molecule has 0 aliphatic heterocycles. The number of carbonyl (C=O) groups is 1. The number of rotatable bonds is 5. The van der Waals surface area contributed by atoms with Crippen molar-refractivity contribution in [2.75, 3.05) is 0 Å². The topological polar surface area (TPSA) is 56.0 Å². The van der Waals surface area contributed by atoms with Crippen LogP contribution in [0.15, 0.2) is 33.7 Å². The van der Waals surface area contributed by atoms with E-state index in [2.05, 4.69) is 10.1 Å². The molecule has 0 fully saturated rings. The predicted molar refractivity (Wildman–Crippen MR) is 74.4 cm³/mol. The fourth-order valence-corrected chi connectivity index (χ4v) is 2.43. The zero-order valence-electron chi connectivity index (χ0n) is 10.6. The van der Waals surface area contributed by atoms with Gasteiger partial charge in [0, 0.05) is 9.92 Å². The molecule has 2 aromatic rings. The second-order valence-electron chi connectivity index (χ2n) is 4.13. The first-order valence-electron chi connectivity index (χ1n) is 5.77. The Labute approximate surface area is 120 Å². The van der Waals surface area contributed by atoms with E-state index in [0.717, 1.165) is 4.90 Å². The van der Waals surface area contributed by atoms with Gasteiger partial charge in [-0.25, -0.2) is 0 Å². The van der Waals surface area contributed by atoms with Crippen LogP contribution in [0.3, 0.4) is 0 Å². The van der Waals surface area contributed by atoms with Crippen LogP contribution in [0.5, 0.6) is 0 Å². The van der Waals surface area contributed by atoms with E-state index in [0.29, 0.717) is 22.5 Å². The Morgan fingerprint density at radius 3 is 3.00 bits per heavy atom. The standard InChI is InChI=1S/C13H13ClN2O2S/c1-8(9(2)17)13-15-12(16-18-13)7-19-11-5-3-4-10(14)6-11/h3-6,8H,7H2,1-2H3. The van der Waals surface area contributed by atoms with E-state index in [9.17, 15) is 4.79 Å². The Hall–Kier alpha value is -1.33. The number of carbonyl (C=O) groups excluding carboxylic acids is 1. The number of nitrogens with zero attached hydrogens (tertiary/aromatic N) is 2. The highest BCUT2D eigenvalue weighted by Gasteiger charge is 2.18. The van der Waals surface area contributed by atoms with Gasteiger partial charge in [-0.15, -0.1) is 11.8 Å². The molecule has 0 bridgehead atoms. The number of Topliss-reactive ketones (excluding diaryl/α,β-unsaturated/α-hetero) is 1. The van der Waals surface area contributed by atoms with E-state index in [4.69, 9.17) is 16.1 Å². The van der Waals surface area contributed by atoms with Gasteiger partial charge in [-0.05, 0) is 32.0 Å². The molecular weight excluding hydrogens is 284 g/mol. The van der Waals surface area contributed by atoms with Crippen LogP contribution >= 0.6 is 23.4 Å². The van der Waals surface area contributed by atoms with E-state index in [1.165, 1.54) is 6.92 Å². The van der Waals surface area contributed by atoms with Crippen molar-refractivity contribution in [1.29, 1.82) is 0 Å². The smallest absolute Gasteiger partial charge is 0.236 e. The Morgan fingerprint density at radius 2 is 2.32 bits per heavy atom. The minimum Gasteiger partial charge on any atom is -0.339 e. The first-order valence-corrected chi connectivity index (χ1v) is 7.14. The molecule has 0 radical (unpaired) electrons. The van der Waals surface area contributed by atoms with Gasteiger partial charge in [-0.3, -0.25) is 4.79 Å². The third kappa shape index (κ3) is 3.81. The Kier molecular flexibility index (Phi) is 4.61. The van der Waals surface area contributed by atoms with Gasteiger partial charge in [0.25, 0.3) is 0 Å². The van der Waals surface area contributed by atoms with Crippen molar-refractivity contribution in [2.45, 2.75) is 30.4 Å². The SMILES string of the molecule is CC(=O)C(C)c1nc(CSc2cccc(Cl)c2)no1. The summed E-state index contributed by atoms with van der Waals surface area (Å²) < 4.78 is 5.08. The zero-order valence-corrected chi connectivity index (χ0v) is 12.2. The van der Waals surface area contributed by atoms with E-state index in [-0.39, 0.29) is 11.7 Å². The second-order valence-corrected chi connectivity index (χ2v) is 5.61. The highest BCUT2D eigenvalue weighted by molar-refractivity contribution is 7.98. The van der Waals surface area contributed by atoms with Crippen molar-refractivity contribution in [2.24, 2.45) is 0 Å². The minimum absolute atomic E-state index is 0.0118. The van der Waals surface area contributed by atoms with Gasteiger partial charge in [0.1, 0.15) is 5.78 Å². The third-order valence-corrected chi connectivity index (χ3v) is 3.85. The maximum Gasteiger partial charge on any atom is 0.236 e. The van der Waals surface area contributed by atoms with Gasteiger partial charge >= 0.3 is 0 Å². The van der Waals surface area contributed by atoms with Crippen LogP contribution in [-0.2, 0) is 10.5 Å². The van der Waals surface area contributed by atoms with Crippen molar-refractivity contribution >= 4 is 29.1 Å². The number of aromatic nitrogens is 2. The molecule has 100 valence electrons. The highest BCUT2D eigenvalue weighted by atomic mass is 35.5. The normalized spacial score (nSPS) is 12.4. The highest BCUT2D eigenvalue weighted by Crippen LogP contribution is 2.25. The average Bonchev–Trinajstić information content (AvgIpc) is 2.84. The van der Waals surface area contributed by atoms with Crippen molar-refractivity contribution in [3.05, 3.63) is 41.0 Å². The first-order chi connectivity index (χ1) is 9.06. The number of halogens is 1. The Morgan fingerprint density at radius 1 is 1.53 bits per heavy atom. The number of benzene rings is 1. The maximum atomic E-state index is 11.2. The van der Waals surface area contributed by atoms with Gasteiger partial charge in [0.2, 0.25) is 5.89 Å². The molecule has 0 saturated carbocycles. The predicted octanol–water partition coefficient (Wildman–Crippen LogP) is 3.71. The summed E-state index contributed by atoms with van der Waals surface area (Å²) in [5.74, 6) is 1.19. The summed E-state index contributed by atoms with van der Waals surface area (Å²) in [5, 5.41) is 4.56. The number of hydrogen-bond acceptors (Lipinski definition) is 5. The van der Waals surface area contributed by atoms with E-state index >= 15 is 0 Å². The quantitative estimate of drug-likeness (QED) is 0.787. The maximum absolute atomic E-state index is 11.2. The minimum atomic E-state index is -0.350. The molecule has 0 N–H and O–H groups in total. The molecule has 19 heavy (non-hydrogen) atoms. The molecule has 1 atom stereocenters. The lowest BCUT2D eigenvalue weighted by Crippen LogP contribution is -2.04. The van der Waals surface area contributed by atoms with Crippen molar-refractivity contribution < 1.29 is 9.32 Å². The second kappa shape index (κ2) is 6.21. The van der Waals surface area contributed by atoms with E-state index in [1.54, 1.807) is 18.7 Å². The largest absolute Gasteiger partial charge is 0.339 e. The molecular formula is C13H13ClN2O2S. The molecule has 0 aliphatic carbocycles. The summed E-state index contributed by atoms with van der Waals surface area (Å²) in [5.41, 5.74) is 0. The molecule has 0 amide bonds. The summed E-state index contributed by atoms with van der Waals surface area (Å²) in [6, 6.07) is 7.57. The monoisotopic (exact) mass is 296 g/mol. The van der Waals surface area contributed by atoms with Gasteiger partial charge in [0.15, 0.2) is 5.82 Å². The van der Waals surface area contributed by atoms with E-state index in [1.807, 2.05) is 24.3 Å². The average molecular weight is 297 g/mol. The zero-order chi connectivity index (χ0) is 13.8. The Balaban J connectivity index is 1.99. The van der Waals surface area contributed by atoms with Gasteiger partial charge < -0.3 is 4.52 Å². The molecule has 6 heteroatoms. The Bertz CT molecular complexity index is 586. The lowest BCUT2D eigenvalue weighted by Gasteiger charge is -1.99. The van der Waals surface area contributed by atoms with Gasteiger partial charge in [0.05, 0.1) is 11.7 Å². The lowest BCUT2D eigenvalue weighted by molar-refractivity contribution is -0.118. The summed E-state index contributed by atoms with van der Waals surface area (Å²) in [4.78, 5) is 16.5. The van der Waals surface area contributed by atoms with Crippen LogP contribution in [0.2, 0.25) is 5.02 Å². The molecule has 1 aromatic heterocycles. The number of thioether (sulfide) groups is 1. The fraction of sp³-hybridized carbons (Fsp3) is 0.308. The number of ketones is 1. The fourth-order valence-electron chi connectivity index (χ4n) is 1.38. The third-order valence-electron chi connectivity index (χ3n) is 2.63. The van der Waals surface area contributed by atoms with Gasteiger partial charge in [-0.1, -0.05) is 22.8 Å². The van der Waals surface area contributed by atoms with Crippen molar-refractivity contribution in [3.63, 3.8) is 0 Å². The molecule has 0 spiro atoms. The van der Waals surface area contributed by atoms with Crippen LogP contribution in [0.25, 0.3) is 0 Å². The molecule has 0 saturated heterocycles. The van der Waals surface area contributed by atoms with Crippen LogP contribution < -0.4 is 0 Å². The summed E-state index contributed by atoms with van der Waals surface area (Å²) in [6.07, 6.45) is 0. The molecule has 0 aliphatic rings. The molecule has 2 rings (SSSR count). The number of hydrogen-bond donors (Lipinski definition) is 0. The summed E-state index contributed by atoms with van der Waals surface area (Å²) in [6.45, 7) is 3.26. The summed E-state index contributed by atoms with van der Waals surface area (Å²) >= 11 is 7.47. The molecule has 1 unspecified atom stereocenters. The summed E-state index contributed by atoms with van der Waals surface area (Å²) in [7, 11) is 0. The van der Waals surface area contributed by atoms with Crippen molar-refractivity contribution in [3.8, 4) is 0 Å². The van der Waals surface area contributed by atoms with Crippen LogP contribution in [-0.4, -0.2) is 15.9 Å². The molecule has 1 heterocycles. The van der Waals surface area contributed by atoms with Crippen LogP contribution in [0.1, 0.15) is 31.5 Å².